The number of rotatable bonds is 8. The van der Waals surface area contributed by atoms with Crippen molar-refractivity contribution < 1.29 is 26.4 Å². The molecule has 0 atom stereocenters. The van der Waals surface area contributed by atoms with Gasteiger partial charge in [-0.15, -0.1) is 0 Å². The van der Waals surface area contributed by atoms with Gasteiger partial charge in [0.15, 0.2) is 0 Å². The minimum atomic E-state index is -3.82. The average Bonchev–Trinajstić information content (AvgIpc) is 2.65. The molecule has 0 radical (unpaired) electrons. The molecule has 0 heterocycles. The molecule has 0 spiro atoms. The SMILES string of the molecule is CNS(=O)(=O)c1cc(C(=O)NCc2ccccc2NS(C)(=O)=O)ccc1OC. The van der Waals surface area contributed by atoms with Gasteiger partial charge in [-0.3, -0.25) is 9.52 Å². The van der Waals surface area contributed by atoms with Gasteiger partial charge in [-0.2, -0.15) is 0 Å². The third-order valence-electron chi connectivity index (χ3n) is 3.74. The molecule has 1 amide bonds. The third kappa shape index (κ3) is 5.44. The number of hydrogen-bond acceptors (Lipinski definition) is 6. The second-order valence-corrected chi connectivity index (χ2v) is 9.39. The van der Waals surface area contributed by atoms with E-state index in [1.807, 2.05) is 0 Å². The summed E-state index contributed by atoms with van der Waals surface area (Å²) in [5.74, 6) is -0.419. The zero-order valence-corrected chi connectivity index (χ0v) is 17.1. The Labute approximate surface area is 164 Å². The van der Waals surface area contributed by atoms with E-state index in [-0.39, 0.29) is 22.8 Å². The van der Waals surface area contributed by atoms with Gasteiger partial charge in [0.1, 0.15) is 10.6 Å². The predicted octanol–water partition coefficient (Wildman–Crippen LogP) is 0.905. The fourth-order valence-corrected chi connectivity index (χ4v) is 3.91. The first-order chi connectivity index (χ1) is 13.1. The molecule has 0 aromatic heterocycles. The molecule has 11 heteroatoms. The van der Waals surface area contributed by atoms with Crippen LogP contribution in [0.3, 0.4) is 0 Å². The van der Waals surface area contributed by atoms with Gasteiger partial charge in [0.05, 0.1) is 19.1 Å². The lowest BCUT2D eigenvalue weighted by Crippen LogP contribution is -2.25. The lowest BCUT2D eigenvalue weighted by Gasteiger charge is -2.13. The summed E-state index contributed by atoms with van der Waals surface area (Å²) in [7, 11) is -4.71. The third-order valence-corrected chi connectivity index (χ3v) is 5.76. The van der Waals surface area contributed by atoms with Crippen molar-refractivity contribution in [2.24, 2.45) is 0 Å². The maximum absolute atomic E-state index is 12.5. The Morgan fingerprint density at radius 1 is 1.07 bits per heavy atom. The highest BCUT2D eigenvalue weighted by atomic mass is 32.2. The molecule has 0 saturated carbocycles. The van der Waals surface area contributed by atoms with Crippen molar-refractivity contribution in [2.45, 2.75) is 11.4 Å². The zero-order chi connectivity index (χ0) is 20.9. The standard InChI is InChI=1S/C17H21N3O6S2/c1-18-28(24,25)16-10-12(8-9-15(16)26-2)17(21)19-11-13-6-4-5-7-14(13)20-27(3,22)23/h4-10,18,20H,11H2,1-3H3,(H,19,21). The Morgan fingerprint density at radius 3 is 2.36 bits per heavy atom. The molecule has 0 saturated heterocycles. The van der Waals surface area contributed by atoms with Crippen LogP contribution < -0.4 is 19.5 Å². The first-order valence-corrected chi connectivity index (χ1v) is 11.4. The van der Waals surface area contributed by atoms with Crippen molar-refractivity contribution in [2.75, 3.05) is 25.1 Å². The second kappa shape index (κ2) is 8.59. The van der Waals surface area contributed by atoms with E-state index < -0.39 is 26.0 Å². The molecule has 28 heavy (non-hydrogen) atoms. The van der Waals surface area contributed by atoms with Crippen LogP contribution in [-0.2, 0) is 26.6 Å². The van der Waals surface area contributed by atoms with Crippen molar-refractivity contribution in [3.8, 4) is 5.75 Å². The highest BCUT2D eigenvalue weighted by molar-refractivity contribution is 7.92. The molecule has 3 N–H and O–H groups in total. The number of carbonyl (C=O) groups excluding carboxylic acids is 1. The van der Waals surface area contributed by atoms with E-state index in [9.17, 15) is 21.6 Å². The van der Waals surface area contributed by atoms with Crippen LogP contribution in [0.15, 0.2) is 47.4 Å². The highest BCUT2D eigenvalue weighted by Gasteiger charge is 2.20. The predicted molar refractivity (Wildman–Crippen MR) is 105 cm³/mol. The van der Waals surface area contributed by atoms with E-state index in [1.54, 1.807) is 24.3 Å². The summed E-state index contributed by atoms with van der Waals surface area (Å²) in [6.07, 6.45) is 1.03. The van der Waals surface area contributed by atoms with E-state index in [4.69, 9.17) is 4.74 Å². The van der Waals surface area contributed by atoms with Gasteiger partial charge in [-0.1, -0.05) is 18.2 Å². The molecule has 0 fully saturated rings. The van der Waals surface area contributed by atoms with E-state index in [0.29, 0.717) is 11.3 Å². The molecule has 9 nitrogen and oxygen atoms in total. The van der Waals surface area contributed by atoms with E-state index in [0.717, 1.165) is 6.26 Å². The van der Waals surface area contributed by atoms with E-state index >= 15 is 0 Å². The molecule has 2 aromatic rings. The Bertz CT molecular complexity index is 1080. The number of amides is 1. The topological polar surface area (TPSA) is 131 Å². The molecule has 152 valence electrons. The molecule has 2 rings (SSSR count). The number of nitrogens with one attached hydrogen (secondary N) is 3. The van der Waals surface area contributed by atoms with Gasteiger partial charge in [0, 0.05) is 12.1 Å². The largest absolute Gasteiger partial charge is 0.495 e. The number of hydrogen-bond donors (Lipinski definition) is 3. The van der Waals surface area contributed by atoms with Crippen molar-refractivity contribution in [3.63, 3.8) is 0 Å². The summed E-state index contributed by atoms with van der Waals surface area (Å²) in [4.78, 5) is 12.3. The Kier molecular flexibility index (Phi) is 6.65. The number of carbonyl (C=O) groups is 1. The number of methoxy groups -OCH3 is 1. The molecule has 0 unspecified atom stereocenters. The van der Waals surface area contributed by atoms with Crippen molar-refractivity contribution in [1.82, 2.24) is 10.0 Å². The van der Waals surface area contributed by atoms with Crippen molar-refractivity contribution in [1.29, 1.82) is 0 Å². The monoisotopic (exact) mass is 427 g/mol. The van der Waals surface area contributed by atoms with Crippen LogP contribution in [0, 0.1) is 0 Å². The Balaban J connectivity index is 2.25. The maximum atomic E-state index is 12.5. The zero-order valence-electron chi connectivity index (χ0n) is 15.5. The summed E-state index contributed by atoms with van der Waals surface area (Å²) in [5.41, 5.74) is 1.01. The van der Waals surface area contributed by atoms with E-state index in [1.165, 1.54) is 32.4 Å². The molecule has 0 aliphatic rings. The summed E-state index contributed by atoms with van der Waals surface area (Å²) < 4.78 is 56.8. The molecule has 0 aliphatic carbocycles. The minimum Gasteiger partial charge on any atom is -0.495 e. The van der Waals surface area contributed by atoms with Gasteiger partial charge in [-0.25, -0.2) is 21.6 Å². The first-order valence-electron chi connectivity index (χ1n) is 8.03. The van der Waals surface area contributed by atoms with Gasteiger partial charge in [-0.05, 0) is 36.9 Å². The average molecular weight is 428 g/mol. The smallest absolute Gasteiger partial charge is 0.251 e. The number of ether oxygens (including phenoxy) is 1. The quantitative estimate of drug-likeness (QED) is 0.574. The number of anilines is 1. The van der Waals surface area contributed by atoms with Crippen LogP contribution in [0.4, 0.5) is 5.69 Å². The lowest BCUT2D eigenvalue weighted by atomic mass is 10.1. The molecular weight excluding hydrogens is 406 g/mol. The van der Waals surface area contributed by atoms with Crippen LogP contribution in [-0.4, -0.2) is 43.2 Å². The van der Waals surface area contributed by atoms with Crippen molar-refractivity contribution >= 4 is 31.6 Å². The number of sulfonamides is 2. The summed E-state index contributed by atoms with van der Waals surface area (Å²) in [6, 6.07) is 10.6. The first kappa shape index (κ1) is 21.7. The molecular formula is C17H21N3O6S2. The summed E-state index contributed by atoms with van der Waals surface area (Å²) in [6.45, 7) is 0.0394. The van der Waals surface area contributed by atoms with Crippen LogP contribution in [0.25, 0.3) is 0 Å². The maximum Gasteiger partial charge on any atom is 0.251 e. The van der Waals surface area contributed by atoms with Crippen LogP contribution >= 0.6 is 0 Å². The molecule has 2 aromatic carbocycles. The second-order valence-electron chi connectivity index (χ2n) is 5.79. The lowest BCUT2D eigenvalue weighted by molar-refractivity contribution is 0.0950. The summed E-state index contributed by atoms with van der Waals surface area (Å²) in [5, 5.41) is 2.65. The van der Waals surface area contributed by atoms with Crippen molar-refractivity contribution in [3.05, 3.63) is 53.6 Å². The Morgan fingerprint density at radius 2 is 1.75 bits per heavy atom. The minimum absolute atomic E-state index is 0.0394. The highest BCUT2D eigenvalue weighted by Crippen LogP contribution is 2.25. The molecule has 0 aliphatic heterocycles. The summed E-state index contributed by atoms with van der Waals surface area (Å²) >= 11 is 0. The van der Waals surface area contributed by atoms with Crippen LogP contribution in [0.5, 0.6) is 5.75 Å². The van der Waals surface area contributed by atoms with Gasteiger partial charge in [0.25, 0.3) is 5.91 Å². The number of para-hydroxylation sites is 1. The van der Waals surface area contributed by atoms with Crippen LogP contribution in [0.1, 0.15) is 15.9 Å². The fourth-order valence-electron chi connectivity index (χ4n) is 2.39. The fraction of sp³-hybridized carbons (Fsp3) is 0.235. The van der Waals surface area contributed by atoms with Gasteiger partial charge >= 0.3 is 0 Å². The Hall–Kier alpha value is -2.63. The van der Waals surface area contributed by atoms with Gasteiger partial charge < -0.3 is 10.1 Å². The van der Waals surface area contributed by atoms with Gasteiger partial charge in [0.2, 0.25) is 20.0 Å². The molecule has 0 bridgehead atoms. The normalized spacial score (nSPS) is 11.7. The van der Waals surface area contributed by atoms with E-state index in [2.05, 4.69) is 14.8 Å². The number of benzene rings is 2. The van der Waals surface area contributed by atoms with Crippen LogP contribution in [0.2, 0.25) is 0 Å².